The molecule has 6 rings (SSSR count). The van der Waals surface area contributed by atoms with E-state index in [4.69, 9.17) is 4.74 Å². The number of hydrogen-bond donors (Lipinski definition) is 5. The highest BCUT2D eigenvalue weighted by Gasteiger charge is 2.55. The average Bonchev–Trinajstić information content (AvgIpc) is 3.93. The van der Waals surface area contributed by atoms with Gasteiger partial charge >= 0.3 is 0 Å². The first-order valence-corrected chi connectivity index (χ1v) is 20.0. The van der Waals surface area contributed by atoms with E-state index >= 15 is 0 Å². The first-order chi connectivity index (χ1) is 26.7. The molecule has 1 spiro atoms. The van der Waals surface area contributed by atoms with E-state index in [1.807, 2.05) is 6.92 Å². The molecule has 6 atom stereocenters. The Kier molecular flexibility index (Phi) is 12.4. The predicted molar refractivity (Wildman–Crippen MR) is 204 cm³/mol. The molecule has 1 aromatic heterocycles. The van der Waals surface area contributed by atoms with Gasteiger partial charge in [-0.1, -0.05) is 65.5 Å². The average molecular weight is 774 g/mol. The highest BCUT2D eigenvalue weighted by Crippen LogP contribution is 2.42. The lowest BCUT2D eigenvalue weighted by Gasteiger charge is -2.38. The van der Waals surface area contributed by atoms with Crippen molar-refractivity contribution in [1.82, 2.24) is 36.1 Å². The zero-order valence-corrected chi connectivity index (χ0v) is 32.7. The zero-order chi connectivity index (χ0) is 40.2. The molecular weight excluding hydrogens is 718 g/mol. The van der Waals surface area contributed by atoms with E-state index in [-0.39, 0.29) is 42.8 Å². The predicted octanol–water partition coefficient (Wildman–Crippen LogP) is 2.62. The molecule has 0 bridgehead atoms. The molecule has 3 heterocycles. The number of likely N-dealkylation sites (tertiary alicyclic amines) is 1. The van der Waals surface area contributed by atoms with Crippen molar-refractivity contribution in [2.45, 2.75) is 140 Å². The highest BCUT2D eigenvalue weighted by molar-refractivity contribution is 6.01. The molecule has 2 aliphatic carbocycles. The summed E-state index contributed by atoms with van der Waals surface area (Å²) in [5.74, 6) is -2.88. The van der Waals surface area contributed by atoms with Crippen LogP contribution in [0.4, 0.5) is 0 Å². The number of aliphatic hydroxyl groups is 1. The standard InChI is InChI=1S/C41H55N7O8/c1-5-11-27(33(50)38(54)44-25-16-17-25)45-36(52)29-20-41(21-30(49)26-14-9-10-15-31(26)56-41)23-48(29)39(55)34(40(2,3)4)47-37(53)32(24-12-7-6-8-13-24)46-35(51)28-22-42-18-19-43-28/h9-10,14-15,18-19,22,24-25,27,29,32-34,50H,5-8,11-13,16-17,20-21,23H2,1-4H3,(H,44,54)(H,45,52)(H,46,51)(H,47,53)/t27?,29-,32-,33?,34?,41?/m0/s1. The lowest BCUT2D eigenvalue weighted by molar-refractivity contribution is -0.145. The smallest absolute Gasteiger partial charge is 0.272 e. The lowest BCUT2D eigenvalue weighted by Crippen LogP contribution is -2.62. The van der Waals surface area contributed by atoms with Crippen molar-refractivity contribution in [2.75, 3.05) is 6.54 Å². The summed E-state index contributed by atoms with van der Waals surface area (Å²) >= 11 is 0. The SMILES string of the molecule is CCCC(NC(=O)[C@@H]1CC2(CC(=O)c3ccccc3O2)CN1C(=O)C(NC(=O)[C@@H](NC(=O)c1cnccn1)C1CCCCC1)C(C)(C)C)C(O)C(=O)NC1CC1. The van der Waals surface area contributed by atoms with Crippen LogP contribution in [-0.4, -0.2) is 104 Å². The number of amides is 5. The second-order valence-corrected chi connectivity index (χ2v) is 16.9. The van der Waals surface area contributed by atoms with Crippen LogP contribution in [0.3, 0.4) is 0 Å². The van der Waals surface area contributed by atoms with Gasteiger partial charge in [-0.25, -0.2) is 4.98 Å². The molecule has 1 aromatic carbocycles. The number of hydrogen-bond acceptors (Lipinski definition) is 10. The fourth-order valence-electron chi connectivity index (χ4n) is 8.20. The Morgan fingerprint density at radius 2 is 1.71 bits per heavy atom. The van der Waals surface area contributed by atoms with E-state index in [2.05, 4.69) is 31.2 Å². The van der Waals surface area contributed by atoms with E-state index in [1.54, 1.807) is 45.0 Å². The Labute approximate surface area is 327 Å². The molecule has 5 amide bonds. The third kappa shape index (κ3) is 9.36. The van der Waals surface area contributed by atoms with Crippen molar-refractivity contribution in [3.8, 4) is 5.75 Å². The zero-order valence-electron chi connectivity index (χ0n) is 32.7. The van der Waals surface area contributed by atoms with E-state index in [9.17, 15) is 33.9 Å². The molecule has 0 radical (unpaired) electrons. The Balaban J connectivity index is 1.29. The molecule has 2 aliphatic heterocycles. The Hall–Kier alpha value is -4.92. The fraction of sp³-hybridized carbons (Fsp3) is 0.610. The molecule has 15 heteroatoms. The molecule has 4 unspecified atom stereocenters. The summed E-state index contributed by atoms with van der Waals surface area (Å²) in [5, 5.41) is 22.6. The number of carbonyl (C=O) groups is 6. The lowest BCUT2D eigenvalue weighted by atomic mass is 9.82. The largest absolute Gasteiger partial charge is 0.484 e. The number of benzene rings is 1. The van der Waals surface area contributed by atoms with Crippen LogP contribution < -0.4 is 26.0 Å². The number of carbonyl (C=O) groups excluding carboxylic acids is 6. The number of nitrogens with one attached hydrogen (secondary N) is 4. The molecule has 302 valence electrons. The topological polar surface area (TPSA) is 209 Å². The van der Waals surface area contributed by atoms with Crippen molar-refractivity contribution >= 4 is 35.3 Å². The van der Waals surface area contributed by atoms with Gasteiger partial charge < -0.3 is 36.0 Å². The minimum Gasteiger partial charge on any atom is -0.484 e. The van der Waals surface area contributed by atoms with Crippen molar-refractivity contribution in [3.05, 3.63) is 54.1 Å². The van der Waals surface area contributed by atoms with Gasteiger partial charge in [-0.15, -0.1) is 0 Å². The van der Waals surface area contributed by atoms with Crippen LogP contribution in [0.25, 0.3) is 0 Å². The molecular formula is C41H55N7O8. The molecule has 56 heavy (non-hydrogen) atoms. The van der Waals surface area contributed by atoms with Gasteiger partial charge in [0.05, 0.1) is 30.8 Å². The summed E-state index contributed by atoms with van der Waals surface area (Å²) in [6.45, 7) is 7.14. The van der Waals surface area contributed by atoms with E-state index in [0.717, 1.165) is 32.1 Å². The van der Waals surface area contributed by atoms with Crippen LogP contribution in [0.1, 0.15) is 119 Å². The number of aliphatic hydroxyl groups excluding tert-OH is 1. The summed E-state index contributed by atoms with van der Waals surface area (Å²) in [7, 11) is 0. The van der Waals surface area contributed by atoms with Crippen molar-refractivity contribution in [3.63, 3.8) is 0 Å². The summed E-state index contributed by atoms with van der Waals surface area (Å²) in [6, 6.07) is 2.58. The normalized spacial score (nSPS) is 23.2. The molecule has 4 aliphatic rings. The molecule has 2 aromatic rings. The van der Waals surface area contributed by atoms with Crippen molar-refractivity contribution < 1.29 is 38.6 Å². The number of nitrogens with zero attached hydrogens (tertiary/aromatic N) is 3. The van der Waals surface area contributed by atoms with Gasteiger partial charge in [-0.2, -0.15) is 0 Å². The minimum atomic E-state index is -1.52. The number of aromatic nitrogens is 2. The summed E-state index contributed by atoms with van der Waals surface area (Å²) < 4.78 is 6.50. The summed E-state index contributed by atoms with van der Waals surface area (Å²) in [6.07, 6.45) is 9.22. The van der Waals surface area contributed by atoms with Gasteiger partial charge in [0, 0.05) is 24.9 Å². The van der Waals surface area contributed by atoms with Gasteiger partial charge in [0.25, 0.3) is 11.8 Å². The number of rotatable bonds is 13. The van der Waals surface area contributed by atoms with E-state index in [0.29, 0.717) is 37.0 Å². The highest BCUT2D eigenvalue weighted by atomic mass is 16.5. The number of fused-ring (bicyclic) bond motifs is 1. The second-order valence-electron chi connectivity index (χ2n) is 16.9. The Morgan fingerprint density at radius 1 is 0.982 bits per heavy atom. The van der Waals surface area contributed by atoms with E-state index in [1.165, 1.54) is 23.5 Å². The summed E-state index contributed by atoms with van der Waals surface area (Å²) in [5.41, 5.74) is -1.67. The maximum Gasteiger partial charge on any atom is 0.272 e. The van der Waals surface area contributed by atoms with Gasteiger partial charge in [-0.05, 0) is 55.6 Å². The minimum absolute atomic E-state index is 0.00406. The first-order valence-electron chi connectivity index (χ1n) is 20.0. The molecule has 5 N–H and O–H groups in total. The van der Waals surface area contributed by atoms with Gasteiger partial charge in [0.2, 0.25) is 17.7 Å². The summed E-state index contributed by atoms with van der Waals surface area (Å²) in [4.78, 5) is 92.9. The second kappa shape index (κ2) is 17.1. The van der Waals surface area contributed by atoms with Crippen molar-refractivity contribution in [1.29, 1.82) is 0 Å². The van der Waals surface area contributed by atoms with Gasteiger partial charge in [-0.3, -0.25) is 33.8 Å². The monoisotopic (exact) mass is 773 g/mol. The number of Topliss-reactive ketones (excluding diaryl/α,β-unsaturated/α-hetero) is 1. The molecule has 2 saturated carbocycles. The number of ketones is 1. The van der Waals surface area contributed by atoms with Crippen LogP contribution in [0.15, 0.2) is 42.9 Å². The number of ether oxygens (including phenoxy) is 1. The van der Waals surface area contributed by atoms with Crippen molar-refractivity contribution in [2.24, 2.45) is 11.3 Å². The third-order valence-electron chi connectivity index (χ3n) is 11.4. The quantitative estimate of drug-likeness (QED) is 0.201. The maximum atomic E-state index is 15.0. The van der Waals surface area contributed by atoms with Gasteiger partial charge in [0.15, 0.2) is 11.9 Å². The molecule has 1 saturated heterocycles. The molecule has 15 nitrogen and oxygen atoms in total. The fourth-order valence-corrected chi connectivity index (χ4v) is 8.20. The van der Waals surface area contributed by atoms with Crippen LogP contribution in [0, 0.1) is 11.3 Å². The number of para-hydroxylation sites is 1. The Morgan fingerprint density at radius 3 is 2.38 bits per heavy atom. The van der Waals surface area contributed by atoms with Crippen LogP contribution in [0.2, 0.25) is 0 Å². The molecule has 3 fully saturated rings. The maximum absolute atomic E-state index is 15.0. The third-order valence-corrected chi connectivity index (χ3v) is 11.4. The van der Waals surface area contributed by atoms with Crippen LogP contribution in [-0.2, 0) is 19.2 Å². The first kappa shape index (κ1) is 40.7. The van der Waals surface area contributed by atoms with Crippen LogP contribution >= 0.6 is 0 Å². The van der Waals surface area contributed by atoms with Gasteiger partial charge in [0.1, 0.15) is 35.2 Å². The Bertz CT molecular complexity index is 1790. The van der Waals surface area contributed by atoms with Crippen LogP contribution in [0.5, 0.6) is 5.75 Å². The van der Waals surface area contributed by atoms with E-state index < -0.39 is 70.8 Å².